The molecule has 104 valence electrons. The molecular weight excluding hydrogens is 269 g/mol. The molecule has 0 amide bonds. The Bertz CT molecular complexity index is 592. The van der Waals surface area contributed by atoms with Crippen molar-refractivity contribution in [1.82, 2.24) is 0 Å². The van der Waals surface area contributed by atoms with Crippen molar-refractivity contribution in [1.29, 1.82) is 0 Å². The van der Waals surface area contributed by atoms with E-state index in [1.54, 1.807) is 0 Å². The minimum atomic E-state index is -4.88. The van der Waals surface area contributed by atoms with Gasteiger partial charge in [-0.3, -0.25) is 4.79 Å². The van der Waals surface area contributed by atoms with Crippen molar-refractivity contribution in [2.45, 2.75) is 12.8 Å². The van der Waals surface area contributed by atoms with Crippen molar-refractivity contribution >= 4 is 5.78 Å². The monoisotopic (exact) mass is 280 g/mol. The van der Waals surface area contributed by atoms with Crippen molar-refractivity contribution in [2.24, 2.45) is 0 Å². The van der Waals surface area contributed by atoms with Crippen LogP contribution >= 0.6 is 0 Å². The Labute approximate surface area is 113 Å². The van der Waals surface area contributed by atoms with E-state index in [-0.39, 0.29) is 12.4 Å². The van der Waals surface area contributed by atoms with Crippen molar-refractivity contribution in [3.63, 3.8) is 0 Å². The van der Waals surface area contributed by atoms with Gasteiger partial charge in [-0.05, 0) is 17.7 Å². The van der Waals surface area contributed by atoms with Crippen LogP contribution in [-0.4, -0.2) is 12.0 Å². The maximum atomic E-state index is 12.3. The van der Waals surface area contributed by atoms with E-state index in [0.717, 1.165) is 17.7 Å². The molecule has 5 heteroatoms. The fraction of sp³-hybridized carbons (Fsp3) is 0.133. The third kappa shape index (κ3) is 3.60. The molecule has 0 heterocycles. The molecule has 0 aromatic heterocycles. The van der Waals surface area contributed by atoms with Crippen LogP contribution in [0.1, 0.15) is 15.9 Å². The number of Topliss-reactive ketones (excluding diaryl/α,β-unsaturated/α-hetero) is 1. The first-order chi connectivity index (χ1) is 9.47. The minimum absolute atomic E-state index is 0.226. The first-order valence-electron chi connectivity index (χ1n) is 5.85. The van der Waals surface area contributed by atoms with Crippen LogP contribution in [0, 0.1) is 0 Å². The van der Waals surface area contributed by atoms with Crippen molar-refractivity contribution < 1.29 is 22.7 Å². The molecule has 20 heavy (non-hydrogen) atoms. The smallest absolute Gasteiger partial charge is 0.454 e. The van der Waals surface area contributed by atoms with Gasteiger partial charge in [0, 0.05) is 5.56 Å². The summed E-state index contributed by atoms with van der Waals surface area (Å²) in [5.41, 5.74) is 0.461. The number of hydrogen-bond acceptors (Lipinski definition) is 2. The number of hydrogen-bond donors (Lipinski definition) is 0. The van der Waals surface area contributed by atoms with Crippen LogP contribution in [0.2, 0.25) is 0 Å². The van der Waals surface area contributed by atoms with Gasteiger partial charge in [0.25, 0.3) is 5.78 Å². The lowest BCUT2D eigenvalue weighted by Crippen LogP contribution is -2.22. The van der Waals surface area contributed by atoms with E-state index in [1.165, 1.54) is 12.1 Å². The average Bonchev–Trinajstić information content (AvgIpc) is 2.45. The summed E-state index contributed by atoms with van der Waals surface area (Å²) in [5.74, 6) is -1.65. The van der Waals surface area contributed by atoms with Crippen molar-refractivity contribution in [2.75, 3.05) is 0 Å². The fourth-order valence-electron chi connectivity index (χ4n) is 1.63. The molecule has 0 N–H and O–H groups in total. The van der Waals surface area contributed by atoms with E-state index < -0.39 is 17.5 Å². The summed E-state index contributed by atoms with van der Waals surface area (Å²) in [6.45, 7) is 0.227. The molecule has 0 fully saturated rings. The SMILES string of the molecule is O=C(c1cccc(OCc2ccccc2)c1)C(F)(F)F. The molecule has 0 spiro atoms. The molecule has 0 aliphatic carbocycles. The number of rotatable bonds is 4. The van der Waals surface area contributed by atoms with Gasteiger partial charge >= 0.3 is 6.18 Å². The van der Waals surface area contributed by atoms with Crippen molar-refractivity contribution in [3.05, 3.63) is 65.7 Å². The van der Waals surface area contributed by atoms with E-state index in [9.17, 15) is 18.0 Å². The van der Waals surface area contributed by atoms with Gasteiger partial charge < -0.3 is 4.74 Å². The van der Waals surface area contributed by atoms with Crippen molar-refractivity contribution in [3.8, 4) is 5.75 Å². The normalized spacial score (nSPS) is 11.2. The van der Waals surface area contributed by atoms with Gasteiger partial charge in [-0.1, -0.05) is 42.5 Å². The number of ketones is 1. The molecule has 0 unspecified atom stereocenters. The van der Waals surface area contributed by atoms with Crippen LogP contribution in [0.15, 0.2) is 54.6 Å². The molecule has 0 aliphatic rings. The lowest BCUT2D eigenvalue weighted by atomic mass is 10.1. The molecule has 0 atom stereocenters. The highest BCUT2D eigenvalue weighted by Crippen LogP contribution is 2.24. The summed E-state index contributed by atoms with van der Waals surface area (Å²) in [7, 11) is 0. The fourth-order valence-corrected chi connectivity index (χ4v) is 1.63. The zero-order valence-corrected chi connectivity index (χ0v) is 10.4. The van der Waals surface area contributed by atoms with Crippen LogP contribution in [0.5, 0.6) is 5.75 Å². The quantitative estimate of drug-likeness (QED) is 0.791. The molecule has 0 bridgehead atoms. The highest BCUT2D eigenvalue weighted by molar-refractivity contribution is 6.00. The molecule has 2 aromatic rings. The second-order valence-electron chi connectivity index (χ2n) is 4.13. The predicted octanol–water partition coefficient (Wildman–Crippen LogP) is 4.01. The minimum Gasteiger partial charge on any atom is -0.489 e. The van der Waals surface area contributed by atoms with Gasteiger partial charge in [0.1, 0.15) is 12.4 Å². The third-order valence-corrected chi connectivity index (χ3v) is 2.60. The number of alkyl halides is 3. The Balaban J connectivity index is 2.09. The van der Waals surface area contributed by atoms with Gasteiger partial charge in [0.15, 0.2) is 0 Å². The first-order valence-corrected chi connectivity index (χ1v) is 5.85. The van der Waals surface area contributed by atoms with Gasteiger partial charge in [0.05, 0.1) is 0 Å². The van der Waals surface area contributed by atoms with E-state index in [2.05, 4.69) is 0 Å². The third-order valence-electron chi connectivity index (χ3n) is 2.60. The van der Waals surface area contributed by atoms with Gasteiger partial charge in [-0.15, -0.1) is 0 Å². The summed E-state index contributed by atoms with van der Waals surface area (Å²) in [5, 5.41) is 0. The second kappa shape index (κ2) is 5.77. The maximum absolute atomic E-state index is 12.3. The summed E-state index contributed by atoms with van der Waals surface area (Å²) >= 11 is 0. The Kier molecular flexibility index (Phi) is 4.08. The van der Waals surface area contributed by atoms with E-state index in [4.69, 9.17) is 4.74 Å². The van der Waals surface area contributed by atoms with E-state index in [0.29, 0.717) is 0 Å². The summed E-state index contributed by atoms with van der Waals surface area (Å²) < 4.78 is 42.4. The standard InChI is InChI=1S/C15H11F3O2/c16-15(17,18)14(19)12-7-4-8-13(9-12)20-10-11-5-2-1-3-6-11/h1-9H,10H2. The number of benzene rings is 2. The topological polar surface area (TPSA) is 26.3 Å². The molecule has 0 aliphatic heterocycles. The maximum Gasteiger partial charge on any atom is 0.454 e. The van der Waals surface area contributed by atoms with Gasteiger partial charge in [-0.2, -0.15) is 13.2 Å². The van der Waals surface area contributed by atoms with Gasteiger partial charge in [-0.25, -0.2) is 0 Å². The lowest BCUT2D eigenvalue weighted by molar-refractivity contribution is -0.0885. The van der Waals surface area contributed by atoms with Crippen LogP contribution in [0.25, 0.3) is 0 Å². The molecule has 0 radical (unpaired) electrons. The highest BCUT2D eigenvalue weighted by Gasteiger charge is 2.39. The summed E-state index contributed by atoms with van der Waals surface area (Å²) in [6.07, 6.45) is -4.88. The van der Waals surface area contributed by atoms with Crippen LogP contribution in [-0.2, 0) is 6.61 Å². The second-order valence-corrected chi connectivity index (χ2v) is 4.13. The number of carbonyl (C=O) groups excluding carboxylic acids is 1. The highest BCUT2D eigenvalue weighted by atomic mass is 19.4. The summed E-state index contributed by atoms with van der Waals surface area (Å²) in [4.78, 5) is 11.1. The predicted molar refractivity (Wildman–Crippen MR) is 67.6 cm³/mol. The number of ether oxygens (including phenoxy) is 1. The van der Waals surface area contributed by atoms with E-state index in [1.807, 2.05) is 30.3 Å². The van der Waals surface area contributed by atoms with Crippen LogP contribution in [0.3, 0.4) is 0 Å². The zero-order valence-electron chi connectivity index (χ0n) is 10.4. The zero-order chi connectivity index (χ0) is 14.6. The average molecular weight is 280 g/mol. The molecule has 2 rings (SSSR count). The lowest BCUT2D eigenvalue weighted by Gasteiger charge is -2.09. The largest absolute Gasteiger partial charge is 0.489 e. The molecule has 2 aromatic carbocycles. The van der Waals surface area contributed by atoms with Gasteiger partial charge in [0.2, 0.25) is 0 Å². The Morgan fingerprint density at radius 1 is 1.00 bits per heavy atom. The molecule has 0 saturated heterocycles. The molecule has 0 saturated carbocycles. The first kappa shape index (κ1) is 14.1. The Morgan fingerprint density at radius 2 is 1.70 bits per heavy atom. The molecule has 2 nitrogen and oxygen atoms in total. The number of halogens is 3. The summed E-state index contributed by atoms with van der Waals surface area (Å²) in [6, 6.07) is 14.3. The molecular formula is C15H11F3O2. The van der Waals surface area contributed by atoms with Crippen LogP contribution < -0.4 is 4.74 Å². The number of carbonyl (C=O) groups is 1. The van der Waals surface area contributed by atoms with Crippen LogP contribution in [0.4, 0.5) is 13.2 Å². The Hall–Kier alpha value is -2.30. The Morgan fingerprint density at radius 3 is 2.35 bits per heavy atom. The van der Waals surface area contributed by atoms with E-state index >= 15 is 0 Å².